The van der Waals surface area contributed by atoms with E-state index in [1.54, 1.807) is 18.2 Å². The molecule has 0 aliphatic carbocycles. The number of rotatable bonds is 4. The summed E-state index contributed by atoms with van der Waals surface area (Å²) in [6, 6.07) is 9.88. The van der Waals surface area contributed by atoms with E-state index >= 15 is 0 Å². The van der Waals surface area contributed by atoms with Crippen molar-refractivity contribution >= 4 is 17.4 Å². The first-order valence-corrected chi connectivity index (χ1v) is 6.86. The van der Waals surface area contributed by atoms with E-state index in [4.69, 9.17) is 4.74 Å². The summed E-state index contributed by atoms with van der Waals surface area (Å²) >= 11 is 0. The van der Waals surface area contributed by atoms with Crippen LogP contribution < -0.4 is 10.6 Å². The number of halogens is 3. The van der Waals surface area contributed by atoms with Crippen LogP contribution in [0.15, 0.2) is 48.5 Å². The maximum absolute atomic E-state index is 12.7. The Hall–Kier alpha value is -2.58. The van der Waals surface area contributed by atoms with Crippen molar-refractivity contribution in [3.63, 3.8) is 0 Å². The maximum atomic E-state index is 12.7. The van der Waals surface area contributed by atoms with E-state index < -0.39 is 24.1 Å². The molecule has 24 heavy (non-hydrogen) atoms. The van der Waals surface area contributed by atoms with Gasteiger partial charge in [-0.1, -0.05) is 24.3 Å². The molecule has 128 valence electrons. The van der Waals surface area contributed by atoms with Gasteiger partial charge in [-0.05, 0) is 24.3 Å². The Labute approximate surface area is 136 Å². The Morgan fingerprint density at radius 1 is 1.12 bits per heavy atom. The van der Waals surface area contributed by atoms with Gasteiger partial charge in [-0.25, -0.2) is 4.79 Å². The summed E-state index contributed by atoms with van der Waals surface area (Å²) in [6.45, 7) is 0. The summed E-state index contributed by atoms with van der Waals surface area (Å²) in [5.41, 5.74) is -0.280. The van der Waals surface area contributed by atoms with Crippen LogP contribution in [-0.4, -0.2) is 18.2 Å². The zero-order valence-corrected chi connectivity index (χ0v) is 12.6. The van der Waals surface area contributed by atoms with Gasteiger partial charge < -0.3 is 20.5 Å². The smallest absolute Gasteiger partial charge is 0.364 e. The van der Waals surface area contributed by atoms with E-state index in [1.807, 2.05) is 0 Å². The van der Waals surface area contributed by atoms with Crippen molar-refractivity contribution in [3.05, 3.63) is 59.7 Å². The van der Waals surface area contributed by atoms with Crippen LogP contribution in [-0.2, 0) is 10.9 Å². The number of hydrogen-bond donors (Lipinski definition) is 3. The molecular weight excluding hydrogens is 325 g/mol. The average molecular weight is 340 g/mol. The predicted octanol–water partition coefficient (Wildman–Crippen LogP) is 3.99. The van der Waals surface area contributed by atoms with Crippen LogP contribution in [0.2, 0.25) is 0 Å². The van der Waals surface area contributed by atoms with Crippen LogP contribution in [0.4, 0.5) is 29.3 Å². The zero-order chi connectivity index (χ0) is 17.7. The normalized spacial score (nSPS) is 12.5. The Morgan fingerprint density at radius 2 is 1.83 bits per heavy atom. The van der Waals surface area contributed by atoms with Crippen LogP contribution >= 0.6 is 0 Å². The molecule has 1 unspecified atom stereocenters. The fraction of sp³-hybridized carbons (Fsp3) is 0.188. The Bertz CT molecular complexity index is 720. The number of carbonyl (C=O) groups is 1. The summed E-state index contributed by atoms with van der Waals surface area (Å²) in [5.74, 6) is 0. The molecule has 0 saturated carbocycles. The summed E-state index contributed by atoms with van der Waals surface area (Å²) < 4.78 is 42.8. The number of anilines is 2. The third-order valence-electron chi connectivity index (χ3n) is 3.15. The average Bonchev–Trinajstić information content (AvgIpc) is 2.54. The summed E-state index contributed by atoms with van der Waals surface area (Å²) in [5, 5.41) is 14.5. The van der Waals surface area contributed by atoms with Crippen LogP contribution in [0.1, 0.15) is 17.4 Å². The molecule has 8 heteroatoms. The molecule has 2 aromatic carbocycles. The molecule has 1 atom stereocenters. The Kier molecular flexibility index (Phi) is 5.42. The van der Waals surface area contributed by atoms with E-state index in [-0.39, 0.29) is 11.4 Å². The molecule has 0 heterocycles. The van der Waals surface area contributed by atoms with Gasteiger partial charge in [0.1, 0.15) is 0 Å². The minimum absolute atomic E-state index is 0.00732. The highest BCUT2D eigenvalue weighted by Crippen LogP contribution is 2.30. The molecule has 2 aromatic rings. The number of methoxy groups -OCH3 is 1. The number of carbonyl (C=O) groups excluding carboxylic acids is 1. The molecule has 0 bridgehead atoms. The molecule has 0 saturated heterocycles. The first-order chi connectivity index (χ1) is 11.3. The Balaban J connectivity index is 2.12. The third-order valence-corrected chi connectivity index (χ3v) is 3.15. The van der Waals surface area contributed by atoms with Gasteiger partial charge in [-0.3, -0.25) is 0 Å². The molecule has 5 nitrogen and oxygen atoms in total. The molecule has 0 radical (unpaired) electrons. The number of aliphatic hydroxyl groups excluding tert-OH is 1. The van der Waals surface area contributed by atoms with Gasteiger partial charge in [-0.2, -0.15) is 13.2 Å². The van der Waals surface area contributed by atoms with E-state index in [0.29, 0.717) is 5.56 Å². The van der Waals surface area contributed by atoms with E-state index in [1.165, 1.54) is 25.3 Å². The number of hydrogen-bond acceptors (Lipinski definition) is 3. The van der Waals surface area contributed by atoms with Crippen molar-refractivity contribution in [2.75, 3.05) is 17.7 Å². The van der Waals surface area contributed by atoms with Crippen LogP contribution in [0.3, 0.4) is 0 Å². The number of ether oxygens (including phenoxy) is 1. The molecule has 2 rings (SSSR count). The van der Waals surface area contributed by atoms with Crippen molar-refractivity contribution in [2.24, 2.45) is 0 Å². The topological polar surface area (TPSA) is 70.6 Å². The fourth-order valence-electron chi connectivity index (χ4n) is 2.01. The van der Waals surface area contributed by atoms with Crippen LogP contribution in [0.5, 0.6) is 0 Å². The largest absolute Gasteiger partial charge is 0.416 e. The monoisotopic (exact) mass is 340 g/mol. The number of amides is 2. The van der Waals surface area contributed by atoms with Crippen molar-refractivity contribution < 1.29 is 27.8 Å². The number of nitrogens with one attached hydrogen (secondary N) is 2. The minimum atomic E-state index is -4.50. The molecule has 3 N–H and O–H groups in total. The molecule has 2 amide bonds. The van der Waals surface area contributed by atoms with Crippen molar-refractivity contribution in [2.45, 2.75) is 12.5 Å². The van der Waals surface area contributed by atoms with Crippen molar-refractivity contribution in [3.8, 4) is 0 Å². The second kappa shape index (κ2) is 7.33. The van der Waals surface area contributed by atoms with Crippen molar-refractivity contribution in [1.29, 1.82) is 0 Å². The lowest BCUT2D eigenvalue weighted by molar-refractivity contribution is -0.137. The lowest BCUT2D eigenvalue weighted by atomic mass is 10.1. The maximum Gasteiger partial charge on any atom is 0.416 e. The molecular formula is C16H15F3N2O3. The highest BCUT2D eigenvalue weighted by Gasteiger charge is 2.30. The molecule has 0 aromatic heterocycles. The standard InChI is InChI=1S/C16H15F3N2O3/c1-24-14(22)12-7-2-3-8-13(12)21-15(23)20-11-6-4-5-10(9-11)16(17,18)19/h2-9,14,22H,1H3,(H2,20,21,23). The van der Waals surface area contributed by atoms with Gasteiger partial charge in [0.05, 0.1) is 11.3 Å². The van der Waals surface area contributed by atoms with E-state index in [0.717, 1.165) is 12.1 Å². The van der Waals surface area contributed by atoms with Gasteiger partial charge in [-0.15, -0.1) is 0 Å². The predicted molar refractivity (Wildman–Crippen MR) is 82.5 cm³/mol. The van der Waals surface area contributed by atoms with Gasteiger partial charge in [0, 0.05) is 18.4 Å². The lowest BCUT2D eigenvalue weighted by Crippen LogP contribution is -2.21. The van der Waals surface area contributed by atoms with Gasteiger partial charge in [0.25, 0.3) is 0 Å². The second-order valence-electron chi connectivity index (χ2n) is 4.83. The minimum Gasteiger partial charge on any atom is -0.364 e. The van der Waals surface area contributed by atoms with Crippen LogP contribution in [0.25, 0.3) is 0 Å². The number of alkyl halides is 3. The first-order valence-electron chi connectivity index (χ1n) is 6.86. The zero-order valence-electron chi connectivity index (χ0n) is 12.6. The number of benzene rings is 2. The van der Waals surface area contributed by atoms with Gasteiger partial charge in [0.15, 0.2) is 6.29 Å². The SMILES string of the molecule is COC(O)c1ccccc1NC(=O)Nc1cccc(C(F)(F)F)c1. The Morgan fingerprint density at radius 3 is 2.50 bits per heavy atom. The van der Waals surface area contributed by atoms with Gasteiger partial charge in [0.2, 0.25) is 0 Å². The quantitative estimate of drug-likeness (QED) is 0.737. The molecule has 0 aliphatic heterocycles. The molecule has 0 fully saturated rings. The van der Waals surface area contributed by atoms with E-state index in [9.17, 15) is 23.1 Å². The van der Waals surface area contributed by atoms with E-state index in [2.05, 4.69) is 10.6 Å². The summed E-state index contributed by atoms with van der Waals surface area (Å²) in [7, 11) is 1.30. The third kappa shape index (κ3) is 4.46. The van der Waals surface area contributed by atoms with Crippen molar-refractivity contribution in [1.82, 2.24) is 0 Å². The second-order valence-corrected chi connectivity index (χ2v) is 4.83. The first kappa shape index (κ1) is 17.8. The number of urea groups is 1. The number of para-hydroxylation sites is 1. The fourth-order valence-corrected chi connectivity index (χ4v) is 2.01. The number of aliphatic hydroxyl groups is 1. The highest BCUT2D eigenvalue weighted by molar-refractivity contribution is 6.00. The highest BCUT2D eigenvalue weighted by atomic mass is 19.4. The molecule has 0 aliphatic rings. The van der Waals surface area contributed by atoms with Crippen LogP contribution in [0, 0.1) is 0 Å². The van der Waals surface area contributed by atoms with Gasteiger partial charge >= 0.3 is 12.2 Å². The summed E-state index contributed by atoms with van der Waals surface area (Å²) in [6.07, 6.45) is -5.74. The molecule has 0 spiro atoms. The lowest BCUT2D eigenvalue weighted by Gasteiger charge is -2.15. The summed E-state index contributed by atoms with van der Waals surface area (Å²) in [4.78, 5) is 12.0.